The van der Waals surface area contributed by atoms with Gasteiger partial charge in [0.1, 0.15) is 0 Å². The van der Waals surface area contributed by atoms with Crippen LogP contribution >= 0.6 is 0 Å². The highest BCUT2D eigenvalue weighted by Crippen LogP contribution is 2.00. The number of nitrogens with one attached hydrogen (secondary N) is 1. The first kappa shape index (κ1) is 14.8. The lowest BCUT2D eigenvalue weighted by Gasteiger charge is -2.26. The van der Waals surface area contributed by atoms with Crippen LogP contribution in [-0.4, -0.2) is 50.2 Å². The summed E-state index contributed by atoms with van der Waals surface area (Å²) in [7, 11) is 0. The van der Waals surface area contributed by atoms with Crippen LogP contribution in [0, 0.1) is 0 Å². The van der Waals surface area contributed by atoms with Crippen molar-refractivity contribution in [1.29, 1.82) is 0 Å². The molecule has 1 amide bonds. The molecule has 0 aliphatic carbocycles. The van der Waals surface area contributed by atoms with Crippen LogP contribution in [0.2, 0.25) is 0 Å². The fraction of sp³-hybridized carbons (Fsp3) is 0.438. The summed E-state index contributed by atoms with van der Waals surface area (Å²) in [5, 5.41) is 2.91. The normalized spacial score (nSPS) is 16.4. The van der Waals surface area contributed by atoms with E-state index in [-0.39, 0.29) is 5.91 Å². The average Bonchev–Trinajstić information content (AvgIpc) is 2.52. The highest BCUT2D eigenvalue weighted by molar-refractivity contribution is 5.91. The van der Waals surface area contributed by atoms with Gasteiger partial charge in [-0.25, -0.2) is 0 Å². The predicted octanol–water partition coefficient (Wildman–Crippen LogP) is 1.54. The lowest BCUT2D eigenvalue weighted by atomic mass is 10.2. The summed E-state index contributed by atoms with van der Waals surface area (Å²) in [5.41, 5.74) is 1.04. The number of carbonyl (C=O) groups excluding carboxylic acids is 1. The number of morpholine rings is 1. The van der Waals surface area contributed by atoms with Gasteiger partial charge in [0.25, 0.3) is 0 Å². The van der Waals surface area contributed by atoms with Crippen molar-refractivity contribution in [1.82, 2.24) is 10.2 Å². The monoisotopic (exact) mass is 274 g/mol. The largest absolute Gasteiger partial charge is 0.379 e. The van der Waals surface area contributed by atoms with E-state index in [0.29, 0.717) is 0 Å². The zero-order valence-corrected chi connectivity index (χ0v) is 11.8. The van der Waals surface area contributed by atoms with Crippen molar-refractivity contribution < 1.29 is 9.53 Å². The third-order valence-corrected chi connectivity index (χ3v) is 3.28. The first-order valence-corrected chi connectivity index (χ1v) is 7.16. The minimum absolute atomic E-state index is 0.0316. The molecule has 1 fully saturated rings. The van der Waals surface area contributed by atoms with E-state index in [9.17, 15) is 4.79 Å². The van der Waals surface area contributed by atoms with Crippen molar-refractivity contribution >= 4 is 12.0 Å². The van der Waals surface area contributed by atoms with Gasteiger partial charge in [0.15, 0.2) is 0 Å². The molecule has 20 heavy (non-hydrogen) atoms. The molecule has 0 atom stereocenters. The second-order valence-electron chi connectivity index (χ2n) is 4.84. The van der Waals surface area contributed by atoms with Crippen LogP contribution in [0.5, 0.6) is 0 Å². The maximum atomic E-state index is 11.6. The SMILES string of the molecule is O=C(/C=C/c1ccccc1)NCCCN1CCOCC1. The first-order chi connectivity index (χ1) is 9.84. The van der Waals surface area contributed by atoms with Crippen molar-refractivity contribution in [3.05, 3.63) is 42.0 Å². The maximum absolute atomic E-state index is 11.6. The van der Waals surface area contributed by atoms with Gasteiger partial charge in [-0.05, 0) is 24.6 Å². The minimum atomic E-state index is -0.0316. The Bertz CT molecular complexity index is 425. The number of carbonyl (C=O) groups is 1. The van der Waals surface area contributed by atoms with Gasteiger partial charge in [-0.15, -0.1) is 0 Å². The fourth-order valence-electron chi connectivity index (χ4n) is 2.13. The van der Waals surface area contributed by atoms with Gasteiger partial charge in [0.2, 0.25) is 5.91 Å². The summed E-state index contributed by atoms with van der Waals surface area (Å²) >= 11 is 0. The van der Waals surface area contributed by atoms with E-state index in [0.717, 1.165) is 51.4 Å². The first-order valence-electron chi connectivity index (χ1n) is 7.16. The standard InChI is InChI=1S/C16H22N2O2/c19-16(8-7-15-5-2-1-3-6-15)17-9-4-10-18-11-13-20-14-12-18/h1-3,5-8H,4,9-14H2,(H,17,19)/b8-7+. The van der Waals surface area contributed by atoms with Gasteiger partial charge < -0.3 is 10.1 Å². The minimum Gasteiger partial charge on any atom is -0.379 e. The van der Waals surface area contributed by atoms with E-state index < -0.39 is 0 Å². The molecule has 2 rings (SSSR count). The molecule has 1 aliphatic rings. The zero-order chi connectivity index (χ0) is 14.0. The van der Waals surface area contributed by atoms with E-state index in [1.807, 2.05) is 36.4 Å². The van der Waals surface area contributed by atoms with Crippen molar-refractivity contribution in [2.45, 2.75) is 6.42 Å². The quantitative estimate of drug-likeness (QED) is 0.632. The molecule has 0 saturated carbocycles. The number of amides is 1. The van der Waals surface area contributed by atoms with Crippen molar-refractivity contribution in [2.24, 2.45) is 0 Å². The fourth-order valence-corrected chi connectivity index (χ4v) is 2.13. The second-order valence-corrected chi connectivity index (χ2v) is 4.84. The summed E-state index contributed by atoms with van der Waals surface area (Å²) in [6.07, 6.45) is 4.40. The van der Waals surface area contributed by atoms with Gasteiger partial charge in [-0.2, -0.15) is 0 Å². The van der Waals surface area contributed by atoms with Crippen molar-refractivity contribution in [2.75, 3.05) is 39.4 Å². The Hall–Kier alpha value is -1.65. The number of nitrogens with zero attached hydrogens (tertiary/aromatic N) is 1. The molecule has 108 valence electrons. The molecule has 1 saturated heterocycles. The zero-order valence-electron chi connectivity index (χ0n) is 11.8. The molecule has 0 spiro atoms. The van der Waals surface area contributed by atoms with Gasteiger partial charge in [0.05, 0.1) is 13.2 Å². The molecule has 4 nitrogen and oxygen atoms in total. The molecule has 1 heterocycles. The second kappa shape index (κ2) is 8.51. The summed E-state index contributed by atoms with van der Waals surface area (Å²) in [4.78, 5) is 14.0. The van der Waals surface area contributed by atoms with Crippen molar-refractivity contribution in [3.8, 4) is 0 Å². The van der Waals surface area contributed by atoms with Gasteiger partial charge in [-0.3, -0.25) is 9.69 Å². The van der Waals surface area contributed by atoms with Crippen LogP contribution in [-0.2, 0) is 9.53 Å². The van der Waals surface area contributed by atoms with Crippen LogP contribution in [0.1, 0.15) is 12.0 Å². The van der Waals surface area contributed by atoms with Gasteiger partial charge in [-0.1, -0.05) is 30.3 Å². The Kier molecular flexibility index (Phi) is 6.27. The summed E-state index contributed by atoms with van der Waals surface area (Å²) < 4.78 is 5.30. The topological polar surface area (TPSA) is 41.6 Å². The molecular formula is C16H22N2O2. The van der Waals surface area contributed by atoms with E-state index in [4.69, 9.17) is 4.74 Å². The van der Waals surface area contributed by atoms with Crippen LogP contribution in [0.3, 0.4) is 0 Å². The Morgan fingerprint density at radius 2 is 2.00 bits per heavy atom. The number of hydrogen-bond donors (Lipinski definition) is 1. The molecule has 0 aromatic heterocycles. The molecule has 0 bridgehead atoms. The lowest BCUT2D eigenvalue weighted by Crippen LogP contribution is -2.38. The molecule has 0 radical (unpaired) electrons. The summed E-state index contributed by atoms with van der Waals surface area (Å²) in [6, 6.07) is 9.83. The number of rotatable bonds is 6. The van der Waals surface area contributed by atoms with E-state index in [2.05, 4.69) is 10.2 Å². The summed E-state index contributed by atoms with van der Waals surface area (Å²) in [6.45, 7) is 5.39. The molecule has 1 aromatic carbocycles. The van der Waals surface area contributed by atoms with Crippen LogP contribution in [0.15, 0.2) is 36.4 Å². The van der Waals surface area contributed by atoms with E-state index in [1.165, 1.54) is 0 Å². The van der Waals surface area contributed by atoms with Gasteiger partial charge in [0, 0.05) is 25.7 Å². The highest BCUT2D eigenvalue weighted by Gasteiger charge is 2.09. The molecule has 1 aromatic rings. The third-order valence-electron chi connectivity index (χ3n) is 3.28. The number of ether oxygens (including phenoxy) is 1. The predicted molar refractivity (Wildman–Crippen MR) is 80.4 cm³/mol. The van der Waals surface area contributed by atoms with Gasteiger partial charge >= 0.3 is 0 Å². The highest BCUT2D eigenvalue weighted by atomic mass is 16.5. The number of benzene rings is 1. The smallest absolute Gasteiger partial charge is 0.243 e. The molecule has 1 N–H and O–H groups in total. The summed E-state index contributed by atoms with van der Waals surface area (Å²) in [5.74, 6) is -0.0316. The van der Waals surface area contributed by atoms with Crippen molar-refractivity contribution in [3.63, 3.8) is 0 Å². The Labute approximate surface area is 120 Å². The Morgan fingerprint density at radius 1 is 1.25 bits per heavy atom. The van der Waals surface area contributed by atoms with Crippen LogP contribution < -0.4 is 5.32 Å². The van der Waals surface area contributed by atoms with E-state index in [1.54, 1.807) is 6.08 Å². The average molecular weight is 274 g/mol. The Morgan fingerprint density at radius 3 is 2.75 bits per heavy atom. The van der Waals surface area contributed by atoms with E-state index >= 15 is 0 Å². The van der Waals surface area contributed by atoms with Crippen LogP contribution in [0.25, 0.3) is 6.08 Å². The molecule has 1 aliphatic heterocycles. The molecular weight excluding hydrogens is 252 g/mol. The third kappa shape index (κ3) is 5.55. The molecule has 0 unspecified atom stereocenters. The lowest BCUT2D eigenvalue weighted by molar-refractivity contribution is -0.116. The molecule has 4 heteroatoms. The number of hydrogen-bond acceptors (Lipinski definition) is 3. The van der Waals surface area contributed by atoms with Crippen LogP contribution in [0.4, 0.5) is 0 Å². The maximum Gasteiger partial charge on any atom is 0.243 e. The Balaban J connectivity index is 1.59.